The van der Waals surface area contributed by atoms with E-state index in [0.717, 1.165) is 17.1 Å². The maximum absolute atomic E-state index is 12.3. The summed E-state index contributed by atoms with van der Waals surface area (Å²) < 4.78 is 5.82. The summed E-state index contributed by atoms with van der Waals surface area (Å²) in [4.78, 5) is 12.3. The van der Waals surface area contributed by atoms with E-state index in [2.05, 4.69) is 36.5 Å². The number of benzene rings is 2. The van der Waals surface area contributed by atoms with Crippen LogP contribution < -0.4 is 10.1 Å². The van der Waals surface area contributed by atoms with Crippen LogP contribution in [0.2, 0.25) is 5.02 Å². The molecule has 0 aromatic heterocycles. The number of ether oxygens (including phenoxy) is 1. The summed E-state index contributed by atoms with van der Waals surface area (Å²) >= 11 is 7.84. The number of amides is 1. The number of halogens is 1. The Kier molecular flexibility index (Phi) is 8.33. The molecule has 1 atom stereocenters. The number of rotatable bonds is 9. The van der Waals surface area contributed by atoms with Gasteiger partial charge in [-0.05, 0) is 49.6 Å². The van der Waals surface area contributed by atoms with Crippen molar-refractivity contribution in [1.29, 1.82) is 0 Å². The fourth-order valence-corrected chi connectivity index (χ4v) is 3.45. The van der Waals surface area contributed by atoms with E-state index in [9.17, 15) is 4.79 Å². The molecular formula is C21H26ClNO2S. The average Bonchev–Trinajstić information content (AvgIpc) is 2.62. The molecule has 26 heavy (non-hydrogen) atoms. The third-order valence-electron chi connectivity index (χ3n) is 3.97. The second-order valence-corrected chi connectivity index (χ2v) is 7.77. The standard InChI is InChI=1S/C21H26ClNO2S/c1-4-20(25-18-8-9-19(22)16(3)13-18)21(24)23-10-11-26-14-17-7-5-6-15(2)12-17/h5-9,12-13,20H,4,10-11,14H2,1-3H3,(H,23,24). The highest BCUT2D eigenvalue weighted by molar-refractivity contribution is 7.98. The SMILES string of the molecule is CCC(Oc1ccc(Cl)c(C)c1)C(=O)NCCSCc1cccc(C)c1. The molecule has 0 fully saturated rings. The van der Waals surface area contributed by atoms with Gasteiger partial charge in [0, 0.05) is 23.1 Å². The van der Waals surface area contributed by atoms with Gasteiger partial charge in [-0.1, -0.05) is 48.4 Å². The molecule has 0 aliphatic heterocycles. The highest BCUT2D eigenvalue weighted by atomic mass is 35.5. The fourth-order valence-electron chi connectivity index (χ4n) is 2.53. The largest absolute Gasteiger partial charge is 0.481 e. The quantitative estimate of drug-likeness (QED) is 0.599. The minimum atomic E-state index is -0.489. The molecule has 140 valence electrons. The Labute approximate surface area is 165 Å². The molecular weight excluding hydrogens is 366 g/mol. The van der Waals surface area contributed by atoms with E-state index in [1.807, 2.05) is 31.7 Å². The molecule has 2 rings (SSSR count). The zero-order valence-electron chi connectivity index (χ0n) is 15.5. The first-order chi connectivity index (χ1) is 12.5. The molecule has 5 heteroatoms. The van der Waals surface area contributed by atoms with E-state index in [-0.39, 0.29) is 5.91 Å². The molecule has 1 amide bonds. The van der Waals surface area contributed by atoms with Gasteiger partial charge in [-0.15, -0.1) is 0 Å². The van der Waals surface area contributed by atoms with Crippen molar-refractivity contribution in [3.8, 4) is 5.75 Å². The van der Waals surface area contributed by atoms with E-state index < -0.39 is 6.10 Å². The summed E-state index contributed by atoms with van der Waals surface area (Å²) in [5.74, 6) is 2.42. The summed E-state index contributed by atoms with van der Waals surface area (Å²) in [6, 6.07) is 13.9. The third kappa shape index (κ3) is 6.58. The molecule has 0 aliphatic rings. The van der Waals surface area contributed by atoms with Crippen molar-refractivity contribution in [2.45, 2.75) is 39.0 Å². The monoisotopic (exact) mass is 391 g/mol. The Hall–Kier alpha value is -1.65. The second-order valence-electron chi connectivity index (χ2n) is 6.26. The fraction of sp³-hybridized carbons (Fsp3) is 0.381. The first-order valence-electron chi connectivity index (χ1n) is 8.83. The van der Waals surface area contributed by atoms with Gasteiger partial charge in [0.05, 0.1) is 0 Å². The van der Waals surface area contributed by atoms with E-state index in [0.29, 0.717) is 23.7 Å². The lowest BCUT2D eigenvalue weighted by atomic mass is 10.2. The van der Waals surface area contributed by atoms with Gasteiger partial charge in [0.1, 0.15) is 5.75 Å². The Bertz CT molecular complexity index is 736. The zero-order chi connectivity index (χ0) is 18.9. The lowest BCUT2D eigenvalue weighted by molar-refractivity contribution is -0.127. The molecule has 3 nitrogen and oxygen atoms in total. The minimum absolute atomic E-state index is 0.0729. The smallest absolute Gasteiger partial charge is 0.261 e. The normalized spacial score (nSPS) is 11.8. The molecule has 0 radical (unpaired) electrons. The van der Waals surface area contributed by atoms with Crippen LogP contribution in [0, 0.1) is 13.8 Å². The lowest BCUT2D eigenvalue weighted by Crippen LogP contribution is -2.39. The van der Waals surface area contributed by atoms with Crippen LogP contribution in [-0.4, -0.2) is 24.3 Å². The first-order valence-corrected chi connectivity index (χ1v) is 10.4. The predicted molar refractivity (Wildman–Crippen MR) is 111 cm³/mol. The summed E-state index contributed by atoms with van der Waals surface area (Å²) in [5.41, 5.74) is 3.53. The number of carbonyl (C=O) groups excluding carboxylic acids is 1. The van der Waals surface area contributed by atoms with Gasteiger partial charge in [0.2, 0.25) is 0 Å². The number of aryl methyl sites for hydroxylation is 2. The van der Waals surface area contributed by atoms with Crippen LogP contribution >= 0.6 is 23.4 Å². The van der Waals surface area contributed by atoms with Crippen LogP contribution in [0.15, 0.2) is 42.5 Å². The average molecular weight is 392 g/mol. The van der Waals surface area contributed by atoms with E-state index in [1.165, 1.54) is 11.1 Å². The first kappa shape index (κ1) is 20.7. The van der Waals surface area contributed by atoms with Gasteiger partial charge >= 0.3 is 0 Å². The van der Waals surface area contributed by atoms with E-state index in [1.54, 1.807) is 12.1 Å². The van der Waals surface area contributed by atoms with Crippen molar-refractivity contribution in [3.63, 3.8) is 0 Å². The summed E-state index contributed by atoms with van der Waals surface area (Å²) in [7, 11) is 0. The van der Waals surface area contributed by atoms with Crippen molar-refractivity contribution in [2.24, 2.45) is 0 Å². The molecule has 2 aromatic rings. The topological polar surface area (TPSA) is 38.3 Å². The number of carbonyl (C=O) groups is 1. The van der Waals surface area contributed by atoms with Crippen molar-refractivity contribution in [2.75, 3.05) is 12.3 Å². The Morgan fingerprint density at radius 3 is 2.73 bits per heavy atom. The van der Waals surface area contributed by atoms with Gasteiger partial charge in [0.15, 0.2) is 6.10 Å². The second kappa shape index (κ2) is 10.5. The molecule has 0 aliphatic carbocycles. The third-order valence-corrected chi connectivity index (χ3v) is 5.42. The Morgan fingerprint density at radius 2 is 2.04 bits per heavy atom. The van der Waals surface area contributed by atoms with Gasteiger partial charge in [0.25, 0.3) is 5.91 Å². The van der Waals surface area contributed by atoms with Gasteiger partial charge < -0.3 is 10.1 Å². The van der Waals surface area contributed by atoms with Crippen molar-refractivity contribution < 1.29 is 9.53 Å². The summed E-state index contributed by atoms with van der Waals surface area (Å²) in [5, 5.41) is 3.66. The van der Waals surface area contributed by atoms with Crippen LogP contribution in [0.5, 0.6) is 5.75 Å². The van der Waals surface area contributed by atoms with E-state index in [4.69, 9.17) is 16.3 Å². The molecule has 2 aromatic carbocycles. The number of nitrogens with one attached hydrogen (secondary N) is 1. The van der Waals surface area contributed by atoms with Gasteiger partial charge in [-0.3, -0.25) is 4.79 Å². The number of hydrogen-bond acceptors (Lipinski definition) is 3. The van der Waals surface area contributed by atoms with Crippen LogP contribution in [0.3, 0.4) is 0 Å². The maximum atomic E-state index is 12.3. The molecule has 0 bridgehead atoms. The maximum Gasteiger partial charge on any atom is 0.261 e. The molecule has 1 unspecified atom stereocenters. The molecule has 0 spiro atoms. The molecule has 0 heterocycles. The van der Waals surface area contributed by atoms with Crippen molar-refractivity contribution in [1.82, 2.24) is 5.32 Å². The molecule has 0 saturated heterocycles. The van der Waals surface area contributed by atoms with Gasteiger partial charge in [-0.2, -0.15) is 11.8 Å². The number of thioether (sulfide) groups is 1. The van der Waals surface area contributed by atoms with Crippen LogP contribution in [-0.2, 0) is 10.5 Å². The molecule has 0 saturated carbocycles. The lowest BCUT2D eigenvalue weighted by Gasteiger charge is -2.17. The Balaban J connectivity index is 1.73. The Morgan fingerprint density at radius 1 is 1.23 bits per heavy atom. The molecule has 1 N–H and O–H groups in total. The minimum Gasteiger partial charge on any atom is -0.481 e. The summed E-state index contributed by atoms with van der Waals surface area (Å²) in [6.45, 7) is 6.59. The van der Waals surface area contributed by atoms with Crippen molar-refractivity contribution in [3.05, 3.63) is 64.2 Å². The summed E-state index contributed by atoms with van der Waals surface area (Å²) in [6.07, 6.45) is 0.126. The van der Waals surface area contributed by atoms with Crippen molar-refractivity contribution >= 4 is 29.3 Å². The zero-order valence-corrected chi connectivity index (χ0v) is 17.1. The van der Waals surface area contributed by atoms with Crippen LogP contribution in [0.25, 0.3) is 0 Å². The van der Waals surface area contributed by atoms with Gasteiger partial charge in [-0.25, -0.2) is 0 Å². The van der Waals surface area contributed by atoms with Crippen LogP contribution in [0.4, 0.5) is 0 Å². The number of hydrogen-bond donors (Lipinski definition) is 1. The highest BCUT2D eigenvalue weighted by Gasteiger charge is 2.18. The highest BCUT2D eigenvalue weighted by Crippen LogP contribution is 2.22. The predicted octanol–water partition coefficient (Wildman–Crippen LogP) is 5.16. The van der Waals surface area contributed by atoms with E-state index >= 15 is 0 Å². The van der Waals surface area contributed by atoms with Crippen LogP contribution in [0.1, 0.15) is 30.0 Å².